The second-order valence-electron chi connectivity index (χ2n) is 3.13. The molecule has 0 aromatic heterocycles. The molecule has 0 saturated carbocycles. The van der Waals surface area contributed by atoms with Crippen molar-refractivity contribution in [3.63, 3.8) is 0 Å². The fourth-order valence-electron chi connectivity index (χ4n) is 1.28. The van der Waals surface area contributed by atoms with Gasteiger partial charge in [-0.15, -0.1) is 0 Å². The third-order valence-electron chi connectivity index (χ3n) is 1.97. The molecule has 1 atom stereocenters. The van der Waals surface area contributed by atoms with E-state index >= 15 is 0 Å². The molecule has 0 amide bonds. The number of nitrogens with two attached hydrogens (primary N) is 1. The molecule has 0 bridgehead atoms. The molecule has 0 aliphatic heterocycles. The summed E-state index contributed by atoms with van der Waals surface area (Å²) in [6, 6.07) is 6.36. The summed E-state index contributed by atoms with van der Waals surface area (Å²) in [4.78, 5) is 0. The molecule has 2 heteroatoms. The van der Waals surface area contributed by atoms with E-state index in [0.717, 1.165) is 5.69 Å². The fourth-order valence-corrected chi connectivity index (χ4v) is 1.28. The summed E-state index contributed by atoms with van der Waals surface area (Å²) in [5.41, 5.74) is 9.35. The van der Waals surface area contributed by atoms with Gasteiger partial charge in [-0.2, -0.15) is 0 Å². The minimum absolute atomic E-state index is 0.0908. The molecule has 0 radical (unpaired) electrons. The van der Waals surface area contributed by atoms with Gasteiger partial charge in [0.1, 0.15) is 0 Å². The van der Waals surface area contributed by atoms with Crippen LogP contribution in [0.4, 0.5) is 5.69 Å². The Balaban J connectivity index is 3.11. The highest BCUT2D eigenvalue weighted by molar-refractivity contribution is 5.53. The Kier molecular flexibility index (Phi) is 2.71. The van der Waals surface area contributed by atoms with Gasteiger partial charge < -0.3 is 11.1 Å². The zero-order valence-electron chi connectivity index (χ0n) is 7.89. The van der Waals surface area contributed by atoms with Gasteiger partial charge >= 0.3 is 0 Å². The molecule has 0 aliphatic rings. The first kappa shape index (κ1) is 9.07. The number of aryl methyl sites for hydroxylation is 1. The van der Waals surface area contributed by atoms with Gasteiger partial charge in [0.15, 0.2) is 0 Å². The lowest BCUT2D eigenvalue weighted by molar-refractivity contribution is 0.819. The van der Waals surface area contributed by atoms with E-state index in [1.54, 1.807) is 0 Å². The summed E-state index contributed by atoms with van der Waals surface area (Å²) < 4.78 is 0. The van der Waals surface area contributed by atoms with Crippen molar-refractivity contribution < 1.29 is 0 Å². The highest BCUT2D eigenvalue weighted by atomic mass is 14.8. The average molecular weight is 164 g/mol. The summed E-state index contributed by atoms with van der Waals surface area (Å²) in [6.45, 7) is 4.07. The van der Waals surface area contributed by atoms with Gasteiger partial charge in [0.25, 0.3) is 0 Å². The molecular weight excluding hydrogens is 148 g/mol. The highest BCUT2D eigenvalue weighted by Crippen LogP contribution is 2.21. The molecule has 0 spiro atoms. The number of hydrogen-bond acceptors (Lipinski definition) is 2. The minimum Gasteiger partial charge on any atom is -0.388 e. The third kappa shape index (κ3) is 1.77. The van der Waals surface area contributed by atoms with Crippen LogP contribution >= 0.6 is 0 Å². The van der Waals surface area contributed by atoms with Gasteiger partial charge in [-0.05, 0) is 31.0 Å². The molecule has 1 rings (SSSR count). The van der Waals surface area contributed by atoms with E-state index in [-0.39, 0.29) is 6.04 Å². The molecule has 0 saturated heterocycles. The van der Waals surface area contributed by atoms with Crippen molar-refractivity contribution >= 4 is 5.69 Å². The monoisotopic (exact) mass is 164 g/mol. The maximum Gasteiger partial charge on any atom is 0.0388 e. The Morgan fingerprint density at radius 2 is 2.08 bits per heavy atom. The third-order valence-corrected chi connectivity index (χ3v) is 1.97. The van der Waals surface area contributed by atoms with Gasteiger partial charge in [-0.25, -0.2) is 0 Å². The van der Waals surface area contributed by atoms with Gasteiger partial charge in [-0.3, -0.25) is 0 Å². The van der Waals surface area contributed by atoms with Crippen LogP contribution in [0.1, 0.15) is 24.1 Å². The van der Waals surface area contributed by atoms with Crippen LogP contribution in [-0.4, -0.2) is 7.05 Å². The van der Waals surface area contributed by atoms with Crippen LogP contribution in [0.5, 0.6) is 0 Å². The first-order chi connectivity index (χ1) is 5.65. The van der Waals surface area contributed by atoms with E-state index in [2.05, 4.69) is 30.4 Å². The summed E-state index contributed by atoms with van der Waals surface area (Å²) >= 11 is 0. The van der Waals surface area contributed by atoms with E-state index < -0.39 is 0 Å². The lowest BCUT2D eigenvalue weighted by atomic mass is 10.0. The number of rotatable bonds is 2. The first-order valence-electron chi connectivity index (χ1n) is 4.19. The summed E-state index contributed by atoms with van der Waals surface area (Å²) in [6.07, 6.45) is 0. The summed E-state index contributed by atoms with van der Waals surface area (Å²) in [7, 11) is 1.92. The molecule has 12 heavy (non-hydrogen) atoms. The molecule has 3 N–H and O–H groups in total. The SMILES string of the molecule is CNc1cc(C)ccc1C(C)N. The Labute approximate surface area is 73.8 Å². The van der Waals surface area contributed by atoms with Gasteiger partial charge in [-0.1, -0.05) is 12.1 Å². The number of anilines is 1. The Morgan fingerprint density at radius 1 is 1.42 bits per heavy atom. The lowest BCUT2D eigenvalue weighted by Gasteiger charge is -2.12. The van der Waals surface area contributed by atoms with Gasteiger partial charge in [0.05, 0.1) is 0 Å². The van der Waals surface area contributed by atoms with E-state index in [9.17, 15) is 0 Å². The fraction of sp³-hybridized carbons (Fsp3) is 0.400. The van der Waals surface area contributed by atoms with E-state index in [1.165, 1.54) is 11.1 Å². The van der Waals surface area contributed by atoms with Crippen LogP contribution in [0.25, 0.3) is 0 Å². The van der Waals surface area contributed by atoms with Crippen molar-refractivity contribution in [2.45, 2.75) is 19.9 Å². The lowest BCUT2D eigenvalue weighted by Crippen LogP contribution is -2.08. The van der Waals surface area contributed by atoms with E-state index in [0.29, 0.717) is 0 Å². The smallest absolute Gasteiger partial charge is 0.0388 e. The Bertz CT molecular complexity index is 267. The summed E-state index contributed by atoms with van der Waals surface area (Å²) in [5.74, 6) is 0. The molecule has 2 nitrogen and oxygen atoms in total. The summed E-state index contributed by atoms with van der Waals surface area (Å²) in [5, 5.41) is 3.14. The Morgan fingerprint density at radius 3 is 2.58 bits per heavy atom. The molecule has 1 aromatic rings. The van der Waals surface area contributed by atoms with Crippen molar-refractivity contribution in [1.82, 2.24) is 0 Å². The molecule has 0 fully saturated rings. The topological polar surface area (TPSA) is 38.0 Å². The molecule has 0 heterocycles. The van der Waals surface area contributed by atoms with Crippen LogP contribution in [-0.2, 0) is 0 Å². The number of benzene rings is 1. The molecular formula is C10H16N2. The molecule has 0 aliphatic carbocycles. The van der Waals surface area contributed by atoms with Crippen molar-refractivity contribution in [2.24, 2.45) is 5.73 Å². The van der Waals surface area contributed by atoms with Crippen LogP contribution in [0, 0.1) is 6.92 Å². The average Bonchev–Trinajstić information content (AvgIpc) is 2.03. The predicted octanol–water partition coefficient (Wildman–Crippen LogP) is 2.06. The first-order valence-corrected chi connectivity index (χ1v) is 4.19. The quantitative estimate of drug-likeness (QED) is 0.702. The zero-order chi connectivity index (χ0) is 9.14. The predicted molar refractivity (Wildman–Crippen MR) is 53.3 cm³/mol. The number of nitrogens with one attached hydrogen (secondary N) is 1. The van der Waals surface area contributed by atoms with Gasteiger partial charge in [0.2, 0.25) is 0 Å². The van der Waals surface area contributed by atoms with Gasteiger partial charge in [0, 0.05) is 18.8 Å². The van der Waals surface area contributed by atoms with Crippen molar-refractivity contribution in [1.29, 1.82) is 0 Å². The maximum atomic E-state index is 5.80. The van der Waals surface area contributed by atoms with E-state index in [4.69, 9.17) is 5.73 Å². The van der Waals surface area contributed by atoms with Crippen LogP contribution in [0.2, 0.25) is 0 Å². The minimum atomic E-state index is 0.0908. The standard InChI is InChI=1S/C10H16N2/c1-7-4-5-9(8(2)11)10(6-7)12-3/h4-6,8,12H,11H2,1-3H3. The van der Waals surface area contributed by atoms with Crippen LogP contribution < -0.4 is 11.1 Å². The van der Waals surface area contributed by atoms with Crippen LogP contribution in [0.3, 0.4) is 0 Å². The molecule has 1 aromatic carbocycles. The Hall–Kier alpha value is -1.02. The van der Waals surface area contributed by atoms with Crippen molar-refractivity contribution in [3.8, 4) is 0 Å². The molecule has 1 unspecified atom stereocenters. The maximum absolute atomic E-state index is 5.80. The molecule has 66 valence electrons. The second-order valence-corrected chi connectivity index (χ2v) is 3.13. The van der Waals surface area contributed by atoms with Crippen molar-refractivity contribution in [2.75, 3.05) is 12.4 Å². The van der Waals surface area contributed by atoms with Crippen molar-refractivity contribution in [3.05, 3.63) is 29.3 Å². The van der Waals surface area contributed by atoms with Crippen LogP contribution in [0.15, 0.2) is 18.2 Å². The number of hydrogen-bond donors (Lipinski definition) is 2. The highest BCUT2D eigenvalue weighted by Gasteiger charge is 2.04. The van der Waals surface area contributed by atoms with E-state index in [1.807, 2.05) is 14.0 Å². The normalized spacial score (nSPS) is 12.7. The second kappa shape index (κ2) is 3.59. The zero-order valence-corrected chi connectivity index (χ0v) is 7.89. The largest absolute Gasteiger partial charge is 0.388 e.